The molecule has 1 rings (SSSR count). The predicted molar refractivity (Wildman–Crippen MR) is 90.3 cm³/mol. The molecule has 1 aromatic carbocycles. The molecule has 0 saturated carbocycles. The summed E-state index contributed by atoms with van der Waals surface area (Å²) in [7, 11) is 0. The zero-order valence-electron chi connectivity index (χ0n) is 14.5. The largest absolute Gasteiger partial charge is 0.464 e. The molecule has 23 heavy (non-hydrogen) atoms. The minimum Gasteiger partial charge on any atom is -0.464 e. The number of hydrogen-bond donors (Lipinski definition) is 0. The maximum absolute atomic E-state index is 12.4. The van der Waals surface area contributed by atoms with Crippen LogP contribution in [0.2, 0.25) is 0 Å². The monoisotopic (exact) mass is 321 g/mol. The molecule has 0 amide bonds. The SMILES string of the molecule is CCOC(=O)C(CC)N(c1ccccc1)C(CC)C(=O)OCC. The average molecular weight is 321 g/mol. The molecule has 5 heteroatoms. The number of benzene rings is 1. The van der Waals surface area contributed by atoms with Crippen molar-refractivity contribution >= 4 is 17.6 Å². The van der Waals surface area contributed by atoms with Crippen molar-refractivity contribution < 1.29 is 19.1 Å². The third-order valence-corrected chi connectivity index (χ3v) is 3.62. The number of hydrogen-bond acceptors (Lipinski definition) is 5. The lowest BCUT2D eigenvalue weighted by Crippen LogP contribution is -2.51. The van der Waals surface area contributed by atoms with Gasteiger partial charge >= 0.3 is 11.9 Å². The van der Waals surface area contributed by atoms with E-state index in [4.69, 9.17) is 9.47 Å². The van der Waals surface area contributed by atoms with Gasteiger partial charge in [-0.2, -0.15) is 0 Å². The van der Waals surface area contributed by atoms with Crippen LogP contribution < -0.4 is 4.90 Å². The Morgan fingerprint density at radius 1 is 0.870 bits per heavy atom. The van der Waals surface area contributed by atoms with E-state index in [2.05, 4.69) is 0 Å². The third-order valence-electron chi connectivity index (χ3n) is 3.62. The van der Waals surface area contributed by atoms with Crippen LogP contribution in [0.25, 0.3) is 0 Å². The number of carbonyl (C=O) groups is 2. The first-order chi connectivity index (χ1) is 11.1. The molecule has 0 radical (unpaired) electrons. The smallest absolute Gasteiger partial charge is 0.328 e. The second-order valence-corrected chi connectivity index (χ2v) is 5.10. The van der Waals surface area contributed by atoms with E-state index in [1.807, 2.05) is 49.1 Å². The van der Waals surface area contributed by atoms with Crippen molar-refractivity contribution in [2.75, 3.05) is 18.1 Å². The van der Waals surface area contributed by atoms with Crippen molar-refractivity contribution in [2.45, 2.75) is 52.6 Å². The Hall–Kier alpha value is -2.04. The van der Waals surface area contributed by atoms with Crippen molar-refractivity contribution in [1.29, 1.82) is 0 Å². The van der Waals surface area contributed by atoms with E-state index in [-0.39, 0.29) is 11.9 Å². The average Bonchev–Trinajstić information content (AvgIpc) is 2.56. The number of esters is 2. The van der Waals surface area contributed by atoms with Crippen LogP contribution in [0, 0.1) is 0 Å². The van der Waals surface area contributed by atoms with E-state index in [1.165, 1.54) is 0 Å². The normalized spacial score (nSPS) is 13.0. The van der Waals surface area contributed by atoms with Crippen molar-refractivity contribution in [3.63, 3.8) is 0 Å². The van der Waals surface area contributed by atoms with Gasteiger partial charge in [0.1, 0.15) is 12.1 Å². The quantitative estimate of drug-likeness (QED) is 0.654. The second-order valence-electron chi connectivity index (χ2n) is 5.10. The van der Waals surface area contributed by atoms with Gasteiger partial charge in [-0.25, -0.2) is 9.59 Å². The van der Waals surface area contributed by atoms with Gasteiger partial charge in [0, 0.05) is 5.69 Å². The first-order valence-corrected chi connectivity index (χ1v) is 8.27. The van der Waals surface area contributed by atoms with E-state index in [0.29, 0.717) is 26.1 Å². The fraction of sp³-hybridized carbons (Fsp3) is 0.556. The third kappa shape index (κ3) is 4.98. The Bertz CT molecular complexity index is 463. The van der Waals surface area contributed by atoms with Crippen LogP contribution in [0.5, 0.6) is 0 Å². The summed E-state index contributed by atoms with van der Waals surface area (Å²) >= 11 is 0. The fourth-order valence-corrected chi connectivity index (χ4v) is 2.61. The Kier molecular flexibility index (Phi) is 8.16. The highest BCUT2D eigenvalue weighted by Gasteiger charge is 2.35. The fourth-order valence-electron chi connectivity index (χ4n) is 2.61. The number of para-hydroxylation sites is 1. The van der Waals surface area contributed by atoms with Crippen LogP contribution in [-0.2, 0) is 19.1 Å². The van der Waals surface area contributed by atoms with Crippen LogP contribution in [0.1, 0.15) is 40.5 Å². The Balaban J connectivity index is 3.24. The van der Waals surface area contributed by atoms with E-state index in [9.17, 15) is 9.59 Å². The minimum atomic E-state index is -0.522. The van der Waals surface area contributed by atoms with Gasteiger partial charge in [0.05, 0.1) is 13.2 Å². The lowest BCUT2D eigenvalue weighted by atomic mass is 10.1. The Morgan fingerprint density at radius 3 is 1.65 bits per heavy atom. The maximum Gasteiger partial charge on any atom is 0.328 e. The van der Waals surface area contributed by atoms with Crippen molar-refractivity contribution in [2.24, 2.45) is 0 Å². The van der Waals surface area contributed by atoms with E-state index >= 15 is 0 Å². The highest BCUT2D eigenvalue weighted by molar-refractivity contribution is 5.86. The number of carbonyl (C=O) groups excluding carboxylic acids is 2. The van der Waals surface area contributed by atoms with Gasteiger partial charge in [-0.3, -0.25) is 0 Å². The van der Waals surface area contributed by atoms with E-state index in [1.54, 1.807) is 13.8 Å². The lowest BCUT2D eigenvalue weighted by Gasteiger charge is -2.36. The summed E-state index contributed by atoms with van der Waals surface area (Å²) in [5.41, 5.74) is 0.812. The molecule has 1 aromatic rings. The van der Waals surface area contributed by atoms with Crippen LogP contribution in [0.15, 0.2) is 30.3 Å². The maximum atomic E-state index is 12.4. The molecular weight excluding hydrogens is 294 g/mol. The number of ether oxygens (including phenoxy) is 2. The van der Waals surface area contributed by atoms with Gasteiger partial charge in [0.15, 0.2) is 0 Å². The van der Waals surface area contributed by atoms with Crippen molar-refractivity contribution in [1.82, 2.24) is 0 Å². The van der Waals surface area contributed by atoms with E-state index < -0.39 is 12.1 Å². The van der Waals surface area contributed by atoms with Crippen LogP contribution >= 0.6 is 0 Å². The van der Waals surface area contributed by atoms with Gasteiger partial charge in [0.25, 0.3) is 0 Å². The summed E-state index contributed by atoms with van der Waals surface area (Å²) in [5.74, 6) is -0.636. The second kappa shape index (κ2) is 9.87. The molecular formula is C18H27NO4. The molecule has 0 aliphatic rings. The van der Waals surface area contributed by atoms with Crippen molar-refractivity contribution in [3.8, 4) is 0 Å². The summed E-state index contributed by atoms with van der Waals surface area (Å²) in [6.45, 7) is 8.01. The molecule has 0 aliphatic carbocycles. The molecule has 0 bridgehead atoms. The molecule has 0 aliphatic heterocycles. The number of rotatable bonds is 9. The minimum absolute atomic E-state index is 0.314. The summed E-state index contributed by atoms with van der Waals surface area (Å²) in [4.78, 5) is 26.6. The lowest BCUT2D eigenvalue weighted by molar-refractivity contribution is -0.147. The number of anilines is 1. The first-order valence-electron chi connectivity index (χ1n) is 8.27. The predicted octanol–water partition coefficient (Wildman–Crippen LogP) is 3.18. The van der Waals surface area contributed by atoms with Crippen molar-refractivity contribution in [3.05, 3.63) is 30.3 Å². The summed E-state index contributed by atoms with van der Waals surface area (Å²) in [6, 6.07) is 8.42. The summed E-state index contributed by atoms with van der Waals surface area (Å²) in [6.07, 6.45) is 1.09. The first kappa shape index (κ1) is 19.0. The molecule has 5 nitrogen and oxygen atoms in total. The highest BCUT2D eigenvalue weighted by Crippen LogP contribution is 2.24. The molecule has 0 saturated heterocycles. The van der Waals surface area contributed by atoms with E-state index in [0.717, 1.165) is 5.69 Å². The number of nitrogens with zero attached hydrogens (tertiary/aromatic N) is 1. The van der Waals surface area contributed by atoms with Gasteiger partial charge in [-0.05, 0) is 38.8 Å². The zero-order chi connectivity index (χ0) is 17.2. The van der Waals surface area contributed by atoms with Gasteiger partial charge in [0.2, 0.25) is 0 Å². The molecule has 2 atom stereocenters. The highest BCUT2D eigenvalue weighted by atomic mass is 16.5. The molecule has 128 valence electrons. The molecule has 0 aromatic heterocycles. The Morgan fingerprint density at radius 2 is 1.30 bits per heavy atom. The van der Waals surface area contributed by atoms with Gasteiger partial charge < -0.3 is 14.4 Å². The summed E-state index contributed by atoms with van der Waals surface area (Å²) < 4.78 is 10.4. The molecule has 0 spiro atoms. The molecule has 0 heterocycles. The Labute approximate surface area is 138 Å². The van der Waals surface area contributed by atoms with Gasteiger partial charge in [-0.15, -0.1) is 0 Å². The standard InChI is InChI=1S/C18H27NO4/c1-5-15(17(20)22-7-3)19(14-12-10-9-11-13-14)16(6-2)18(21)23-8-4/h9-13,15-16H,5-8H2,1-4H3. The molecule has 2 unspecified atom stereocenters. The van der Waals surface area contributed by atoms with Crippen LogP contribution in [0.3, 0.4) is 0 Å². The van der Waals surface area contributed by atoms with Crippen LogP contribution in [-0.4, -0.2) is 37.2 Å². The topological polar surface area (TPSA) is 55.8 Å². The van der Waals surface area contributed by atoms with Crippen LogP contribution in [0.4, 0.5) is 5.69 Å². The zero-order valence-corrected chi connectivity index (χ0v) is 14.5. The molecule has 0 fully saturated rings. The van der Waals surface area contributed by atoms with Gasteiger partial charge in [-0.1, -0.05) is 32.0 Å². The summed E-state index contributed by atoms with van der Waals surface area (Å²) in [5, 5.41) is 0. The molecule has 0 N–H and O–H groups in total.